The topological polar surface area (TPSA) is 81.9 Å². The number of aromatic amines is 1. The van der Waals surface area contributed by atoms with E-state index >= 15 is 0 Å². The summed E-state index contributed by atoms with van der Waals surface area (Å²) in [6.07, 6.45) is -2.64. The summed E-state index contributed by atoms with van der Waals surface area (Å²) in [6.45, 7) is 2.91. The number of rotatable bonds is 7. The van der Waals surface area contributed by atoms with Gasteiger partial charge in [0.25, 0.3) is 0 Å². The number of thioether (sulfide) groups is 1. The molecule has 1 fully saturated rings. The molecule has 3 rings (SSSR count). The highest BCUT2D eigenvalue weighted by Crippen LogP contribution is 2.25. The van der Waals surface area contributed by atoms with E-state index in [2.05, 4.69) is 10.2 Å². The van der Waals surface area contributed by atoms with Gasteiger partial charge in [0, 0.05) is 23.6 Å². The van der Waals surface area contributed by atoms with Crippen LogP contribution < -0.4 is 5.69 Å². The van der Waals surface area contributed by atoms with Crippen molar-refractivity contribution in [2.24, 2.45) is 0 Å². The standard InChI is InChI=1S/C17H21F3N4O3S/c1-10-6-13(11(2)24(10)9-17(18,19)20)14(25)8-28-16-22-21-15(26)23(16)7-12-4-3-5-27-12/h6,12H,3-5,7-9H2,1-2H3,(H,21,26). The van der Waals surface area contributed by atoms with Crippen molar-refractivity contribution in [3.8, 4) is 0 Å². The Kier molecular flexibility index (Phi) is 6.04. The number of nitrogens with zero attached hydrogens (tertiary/aromatic N) is 3. The van der Waals surface area contributed by atoms with Gasteiger partial charge in [0.2, 0.25) is 0 Å². The number of hydrogen-bond acceptors (Lipinski definition) is 5. The highest BCUT2D eigenvalue weighted by molar-refractivity contribution is 7.99. The van der Waals surface area contributed by atoms with Gasteiger partial charge in [0.15, 0.2) is 10.9 Å². The molecule has 0 spiro atoms. The molecule has 7 nitrogen and oxygen atoms in total. The zero-order valence-electron chi connectivity index (χ0n) is 15.5. The van der Waals surface area contributed by atoms with Crippen LogP contribution in [0.15, 0.2) is 16.0 Å². The molecule has 0 bridgehead atoms. The van der Waals surface area contributed by atoms with E-state index in [-0.39, 0.29) is 34.6 Å². The van der Waals surface area contributed by atoms with Gasteiger partial charge in [-0.25, -0.2) is 9.89 Å². The molecule has 154 valence electrons. The van der Waals surface area contributed by atoms with Crippen LogP contribution in [-0.4, -0.2) is 49.8 Å². The van der Waals surface area contributed by atoms with E-state index in [0.29, 0.717) is 24.0 Å². The molecule has 11 heteroatoms. The number of carbonyl (C=O) groups excluding carboxylic acids is 1. The number of ether oxygens (including phenoxy) is 1. The Hall–Kier alpha value is -2.01. The minimum absolute atomic E-state index is 0.0356. The number of nitrogens with one attached hydrogen (secondary N) is 1. The van der Waals surface area contributed by atoms with Crippen molar-refractivity contribution in [3.63, 3.8) is 0 Å². The lowest BCUT2D eigenvalue weighted by atomic mass is 10.2. The zero-order chi connectivity index (χ0) is 20.5. The normalized spacial score (nSPS) is 17.4. The number of alkyl halides is 3. The molecule has 1 saturated heterocycles. The summed E-state index contributed by atoms with van der Waals surface area (Å²) in [6, 6.07) is 1.47. The maximum atomic E-state index is 12.7. The fourth-order valence-corrected chi connectivity index (χ4v) is 4.12. The lowest BCUT2D eigenvalue weighted by Gasteiger charge is -2.12. The minimum atomic E-state index is -4.36. The van der Waals surface area contributed by atoms with Crippen molar-refractivity contribution in [2.45, 2.75) is 57.2 Å². The summed E-state index contributed by atoms with van der Waals surface area (Å²) < 4.78 is 46.2. The van der Waals surface area contributed by atoms with Crippen LogP contribution in [0.1, 0.15) is 34.6 Å². The van der Waals surface area contributed by atoms with Crippen LogP contribution in [-0.2, 0) is 17.8 Å². The van der Waals surface area contributed by atoms with E-state index in [0.717, 1.165) is 29.2 Å². The molecule has 1 unspecified atom stereocenters. The smallest absolute Gasteiger partial charge is 0.376 e. The van der Waals surface area contributed by atoms with Gasteiger partial charge in [-0.15, -0.1) is 5.10 Å². The van der Waals surface area contributed by atoms with Crippen molar-refractivity contribution < 1.29 is 22.7 Å². The zero-order valence-corrected chi connectivity index (χ0v) is 16.3. The summed E-state index contributed by atoms with van der Waals surface area (Å²) in [4.78, 5) is 24.5. The Morgan fingerprint density at radius 2 is 2.14 bits per heavy atom. The second-order valence-electron chi connectivity index (χ2n) is 6.75. The second-order valence-corrected chi connectivity index (χ2v) is 7.70. The molecule has 1 N–H and O–H groups in total. The molecule has 0 aromatic carbocycles. The molecule has 0 radical (unpaired) electrons. The molecule has 0 amide bonds. The Bertz CT molecular complexity index is 910. The predicted molar refractivity (Wildman–Crippen MR) is 96.8 cm³/mol. The Balaban J connectivity index is 1.70. The SMILES string of the molecule is Cc1cc(C(=O)CSc2n[nH]c(=O)n2CC2CCCO2)c(C)n1CC(F)(F)F. The minimum Gasteiger partial charge on any atom is -0.376 e. The number of halogens is 3. The van der Waals surface area contributed by atoms with Gasteiger partial charge in [-0.2, -0.15) is 13.2 Å². The molecule has 2 aromatic heterocycles. The third-order valence-corrected chi connectivity index (χ3v) is 5.65. The van der Waals surface area contributed by atoms with E-state index in [9.17, 15) is 22.8 Å². The van der Waals surface area contributed by atoms with Gasteiger partial charge in [0.05, 0.1) is 18.4 Å². The predicted octanol–water partition coefficient (Wildman–Crippen LogP) is 2.71. The molecular formula is C17H21F3N4O3S. The van der Waals surface area contributed by atoms with Gasteiger partial charge >= 0.3 is 11.9 Å². The van der Waals surface area contributed by atoms with Gasteiger partial charge in [-0.3, -0.25) is 9.36 Å². The van der Waals surface area contributed by atoms with Gasteiger partial charge < -0.3 is 9.30 Å². The van der Waals surface area contributed by atoms with Crippen LogP contribution in [0.4, 0.5) is 13.2 Å². The monoisotopic (exact) mass is 418 g/mol. The van der Waals surface area contributed by atoms with Gasteiger partial charge in [0.1, 0.15) is 6.54 Å². The summed E-state index contributed by atoms with van der Waals surface area (Å²) in [5, 5.41) is 6.67. The highest BCUT2D eigenvalue weighted by Gasteiger charge is 2.30. The van der Waals surface area contributed by atoms with E-state index < -0.39 is 12.7 Å². The van der Waals surface area contributed by atoms with Crippen molar-refractivity contribution in [1.82, 2.24) is 19.3 Å². The fourth-order valence-electron chi connectivity index (χ4n) is 3.28. The van der Waals surface area contributed by atoms with Crippen LogP contribution >= 0.6 is 11.8 Å². The van der Waals surface area contributed by atoms with Crippen molar-refractivity contribution in [1.29, 1.82) is 0 Å². The first-order valence-corrected chi connectivity index (χ1v) is 9.80. The number of H-pyrrole nitrogens is 1. The van der Waals surface area contributed by atoms with E-state index in [1.54, 1.807) is 0 Å². The molecule has 3 heterocycles. The number of aryl methyl sites for hydroxylation is 1. The molecule has 1 atom stereocenters. The summed E-state index contributed by atoms with van der Waals surface area (Å²) in [5.74, 6) is -0.350. The Morgan fingerprint density at radius 1 is 1.39 bits per heavy atom. The summed E-state index contributed by atoms with van der Waals surface area (Å²) >= 11 is 1.08. The third kappa shape index (κ3) is 4.69. The molecular weight excluding hydrogens is 397 g/mol. The lowest BCUT2D eigenvalue weighted by Crippen LogP contribution is -2.25. The first kappa shape index (κ1) is 20.7. The molecule has 28 heavy (non-hydrogen) atoms. The highest BCUT2D eigenvalue weighted by atomic mass is 32.2. The van der Waals surface area contributed by atoms with Crippen LogP contribution in [0, 0.1) is 13.8 Å². The molecule has 0 saturated carbocycles. The number of carbonyl (C=O) groups is 1. The number of aromatic nitrogens is 4. The van der Waals surface area contributed by atoms with Crippen LogP contribution in [0.3, 0.4) is 0 Å². The number of ketones is 1. The van der Waals surface area contributed by atoms with Crippen LogP contribution in [0.25, 0.3) is 0 Å². The maximum Gasteiger partial charge on any atom is 0.406 e. The average molecular weight is 418 g/mol. The van der Waals surface area contributed by atoms with Crippen LogP contribution in [0.5, 0.6) is 0 Å². The van der Waals surface area contributed by atoms with E-state index in [4.69, 9.17) is 4.74 Å². The third-order valence-electron chi connectivity index (χ3n) is 4.68. The lowest BCUT2D eigenvalue weighted by molar-refractivity contribution is -0.141. The van der Waals surface area contributed by atoms with E-state index in [1.165, 1.54) is 24.5 Å². The van der Waals surface area contributed by atoms with Crippen molar-refractivity contribution in [2.75, 3.05) is 12.4 Å². The molecule has 0 aliphatic carbocycles. The van der Waals surface area contributed by atoms with Crippen molar-refractivity contribution in [3.05, 3.63) is 33.5 Å². The second kappa shape index (κ2) is 8.16. The van der Waals surface area contributed by atoms with E-state index in [1.807, 2.05) is 0 Å². The molecule has 2 aromatic rings. The van der Waals surface area contributed by atoms with Crippen LogP contribution in [0.2, 0.25) is 0 Å². The first-order valence-electron chi connectivity index (χ1n) is 8.82. The van der Waals surface area contributed by atoms with Crippen molar-refractivity contribution >= 4 is 17.5 Å². The quantitative estimate of drug-likeness (QED) is 0.552. The Morgan fingerprint density at radius 3 is 2.79 bits per heavy atom. The first-order chi connectivity index (χ1) is 13.2. The molecule has 1 aliphatic heterocycles. The molecule has 1 aliphatic rings. The number of hydrogen-bond donors (Lipinski definition) is 1. The van der Waals surface area contributed by atoms with Gasteiger partial charge in [-0.1, -0.05) is 11.8 Å². The maximum absolute atomic E-state index is 12.7. The average Bonchev–Trinajstić information content (AvgIpc) is 3.31. The largest absolute Gasteiger partial charge is 0.406 e. The fraction of sp³-hybridized carbons (Fsp3) is 0.588. The summed E-state index contributed by atoms with van der Waals surface area (Å²) in [5.41, 5.74) is 0.518. The summed E-state index contributed by atoms with van der Waals surface area (Å²) in [7, 11) is 0. The number of Topliss-reactive ketones (excluding diaryl/α,β-unsaturated/α-hetero) is 1. The Labute approximate surface area is 163 Å². The van der Waals surface area contributed by atoms with Gasteiger partial charge in [-0.05, 0) is 32.8 Å².